The molecule has 0 saturated carbocycles. The van der Waals surface area contributed by atoms with Crippen LogP contribution in [0, 0.1) is 0 Å². The summed E-state index contributed by atoms with van der Waals surface area (Å²) in [5.74, 6) is 2.07. The first kappa shape index (κ1) is 87.6. The van der Waals surface area contributed by atoms with Crippen molar-refractivity contribution >= 4 is 162 Å². The van der Waals surface area contributed by atoms with Crippen molar-refractivity contribution in [1.29, 1.82) is 0 Å². The van der Waals surface area contributed by atoms with E-state index >= 15 is 0 Å². The average molecular weight is 1910 g/mol. The van der Waals surface area contributed by atoms with Crippen LogP contribution < -0.4 is 0 Å². The Morgan fingerprint density at radius 3 is 0.627 bits per heavy atom. The van der Waals surface area contributed by atoms with E-state index in [1.54, 1.807) is 0 Å². The monoisotopic (exact) mass is 1910 g/mol. The lowest BCUT2D eigenvalue weighted by Gasteiger charge is -2.17. The summed E-state index contributed by atoms with van der Waals surface area (Å²) in [6.07, 6.45) is 0. The largest absolute Gasteiger partial charge is 0.246 e. The Labute approximate surface area is 863 Å². The molecule has 0 unspecified atom stereocenters. The van der Waals surface area contributed by atoms with Crippen LogP contribution in [0.4, 0.5) is 0 Å². The molecule has 0 saturated heterocycles. The molecule has 150 heavy (non-hydrogen) atoms. The van der Waals surface area contributed by atoms with Gasteiger partial charge in [0.1, 0.15) is 0 Å². The van der Waals surface area contributed by atoms with E-state index in [9.17, 15) is 0 Å². The van der Waals surface area contributed by atoms with Crippen molar-refractivity contribution in [2.45, 2.75) is 0 Å². The maximum Gasteiger partial charge on any atom is 0.160 e. The first-order valence-corrected chi connectivity index (χ1v) is 50.9. The fourth-order valence-electron chi connectivity index (χ4n) is 22.5. The molecule has 0 aliphatic rings. The third-order valence-corrected chi connectivity index (χ3v) is 29.5. The number of benzene rings is 24. The molecule has 0 aliphatic carbocycles. The highest BCUT2D eigenvalue weighted by Gasteiger charge is 2.26. The van der Waals surface area contributed by atoms with Gasteiger partial charge in [-0.2, -0.15) is 0 Å². The normalized spacial score (nSPS) is 11.6. The summed E-state index contributed by atoms with van der Waals surface area (Å²) in [6.45, 7) is 0. The van der Waals surface area contributed by atoms with Gasteiger partial charge in [0.25, 0.3) is 0 Å². The minimum Gasteiger partial charge on any atom is -0.246 e. The second-order valence-electron chi connectivity index (χ2n) is 38.3. The van der Waals surface area contributed by atoms with Crippen LogP contribution >= 0.6 is 0 Å². The van der Waals surface area contributed by atoms with Crippen LogP contribution in [0.25, 0.3) is 297 Å². The molecule has 0 fully saturated rings. The maximum absolute atomic E-state index is 5.56. The Balaban J connectivity index is 0.000000108. The van der Waals surface area contributed by atoms with E-state index in [4.69, 9.17) is 44.9 Å². The Morgan fingerprint density at radius 1 is 0.100 bits per heavy atom. The predicted molar refractivity (Wildman–Crippen MR) is 627 cm³/mol. The minimum absolute atomic E-state index is 0.681. The van der Waals surface area contributed by atoms with Crippen LogP contribution in [-0.2, 0) is 0 Å². The van der Waals surface area contributed by atoms with Gasteiger partial charge in [-0.15, -0.1) is 0 Å². The molecule has 30 rings (SSSR count). The molecular formula is C141H87N9. The number of nitrogens with zero attached hydrogens (tertiary/aromatic N) is 9. The van der Waals surface area contributed by atoms with Crippen LogP contribution in [0.5, 0.6) is 0 Å². The molecule has 30 aromatic rings. The van der Waals surface area contributed by atoms with Crippen molar-refractivity contribution in [3.8, 4) is 135 Å². The SMILES string of the molecule is c1ccc(-c2cc(-c3ccccc3)nc(-c3ccc(-c4nc5c6ccc7ccccc7c6c6ccccc6c5c5ccccc45)cc3)n2)cc1.c1ccc(-c2cc(-c3ccccc3)nc(-c3ccc(-c4nc5c6ccccc6c6c7ccccc7ccc6c5c5ccccc45)cc3)n2)cc1.c1ccc(-c2cc(-c3ccccc3)nc(-c3cccc(-c4nc5c6ccccc6c6c7ccccc7ccc6c5c5ccccc45)c3)n2)cc1. The highest BCUT2D eigenvalue weighted by molar-refractivity contribution is 6.39. The summed E-state index contributed by atoms with van der Waals surface area (Å²) in [5.41, 5.74) is 23.6. The molecular weight excluding hydrogens is 1820 g/mol. The smallest absolute Gasteiger partial charge is 0.160 e. The lowest BCUT2D eigenvalue weighted by Crippen LogP contribution is -1.97. The van der Waals surface area contributed by atoms with E-state index in [0.717, 1.165) is 161 Å². The van der Waals surface area contributed by atoms with Crippen molar-refractivity contribution < 1.29 is 0 Å². The van der Waals surface area contributed by atoms with Crippen LogP contribution in [0.2, 0.25) is 0 Å². The van der Waals surface area contributed by atoms with E-state index in [1.807, 2.05) is 109 Å². The van der Waals surface area contributed by atoms with Crippen molar-refractivity contribution in [2.24, 2.45) is 0 Å². The van der Waals surface area contributed by atoms with Crippen molar-refractivity contribution in [2.75, 3.05) is 0 Å². The van der Waals surface area contributed by atoms with Gasteiger partial charge in [-0.3, -0.25) is 0 Å². The summed E-state index contributed by atoms with van der Waals surface area (Å²) in [7, 11) is 0. The summed E-state index contributed by atoms with van der Waals surface area (Å²) in [5, 5.41) is 32.7. The Morgan fingerprint density at radius 2 is 0.307 bits per heavy atom. The van der Waals surface area contributed by atoms with Gasteiger partial charge in [-0.05, 0) is 121 Å². The van der Waals surface area contributed by atoms with Gasteiger partial charge < -0.3 is 0 Å². The first-order chi connectivity index (χ1) is 74.4. The van der Waals surface area contributed by atoms with Crippen molar-refractivity contribution in [1.82, 2.24) is 44.9 Å². The van der Waals surface area contributed by atoms with E-state index in [0.29, 0.717) is 17.5 Å². The highest BCUT2D eigenvalue weighted by Crippen LogP contribution is 2.50. The van der Waals surface area contributed by atoms with Gasteiger partial charge in [0.2, 0.25) is 0 Å². The average Bonchev–Trinajstić information content (AvgIpc) is 0.714. The Hall–Kier alpha value is -20.1. The standard InChI is InChI=1S/3C47H29N3/c1-3-15-31(16-4-1)41-29-42(32-17-5-2-6-18-32)49-47(48-41)34-20-13-19-33(28-34)45-38-24-11-10-23-37(38)44-40-27-26-30-14-7-8-21-35(30)43(40)36-22-9-12-25-39(36)46(44)50-45;1-3-14-31(15-4-1)41-29-42(32-16-5-2-6-17-32)49-47(48-41)34-25-23-33(24-26-34)45-38-21-11-10-20-37(38)44-40-28-27-30-13-7-8-18-35(30)43(40)36-19-9-12-22-39(36)46(44)50-45;1-3-14-31(15-4-1)41-29-42(32-16-5-2-6-17-32)49-47(48-41)34-25-23-33(24-26-34)45-39-22-12-11-21-38(39)44-37-20-10-9-19-36(37)43-35-18-8-7-13-30(35)27-28-40(43)46(44)50-45/h3*1-29H. The van der Waals surface area contributed by atoms with E-state index in [2.05, 4.69) is 419 Å². The van der Waals surface area contributed by atoms with E-state index < -0.39 is 0 Å². The molecule has 24 aromatic carbocycles. The quantitative estimate of drug-likeness (QED) is 0.110. The summed E-state index contributed by atoms with van der Waals surface area (Å²) >= 11 is 0. The predicted octanol–water partition coefficient (Wildman–Crippen LogP) is 36.9. The molecule has 9 heteroatoms. The summed E-state index contributed by atoms with van der Waals surface area (Å²) < 4.78 is 0. The van der Waals surface area contributed by atoms with Gasteiger partial charge in [-0.25, -0.2) is 44.9 Å². The topological polar surface area (TPSA) is 116 Å². The Bertz CT molecular complexity index is 10500. The molecule has 0 bridgehead atoms. The van der Waals surface area contributed by atoms with Crippen LogP contribution in [0.1, 0.15) is 0 Å². The van der Waals surface area contributed by atoms with E-state index in [1.165, 1.54) is 118 Å². The Kier molecular flexibility index (Phi) is 21.8. The zero-order chi connectivity index (χ0) is 99.1. The fourth-order valence-corrected chi connectivity index (χ4v) is 22.5. The second-order valence-corrected chi connectivity index (χ2v) is 38.3. The molecule has 9 nitrogen and oxygen atoms in total. The lowest BCUT2D eigenvalue weighted by atomic mass is 9.90. The number of hydrogen-bond donors (Lipinski definition) is 0. The number of fused-ring (bicyclic) bond motifs is 30. The molecule has 696 valence electrons. The van der Waals surface area contributed by atoms with E-state index in [-0.39, 0.29) is 0 Å². The molecule has 6 aromatic heterocycles. The molecule has 0 radical (unpaired) electrons. The third-order valence-electron chi connectivity index (χ3n) is 29.5. The zero-order valence-corrected chi connectivity index (χ0v) is 81.3. The second kappa shape index (κ2) is 37.2. The zero-order valence-electron chi connectivity index (χ0n) is 81.3. The van der Waals surface area contributed by atoms with Gasteiger partial charge in [0, 0.05) is 115 Å². The van der Waals surface area contributed by atoms with Gasteiger partial charge in [-0.1, -0.05) is 504 Å². The molecule has 0 spiro atoms. The maximum atomic E-state index is 5.56. The molecule has 0 N–H and O–H groups in total. The van der Waals surface area contributed by atoms with Gasteiger partial charge in [0.05, 0.1) is 67.8 Å². The van der Waals surface area contributed by atoms with Gasteiger partial charge >= 0.3 is 0 Å². The molecule has 6 heterocycles. The molecule has 0 aliphatic heterocycles. The minimum atomic E-state index is 0.681. The third kappa shape index (κ3) is 15.5. The van der Waals surface area contributed by atoms with Crippen LogP contribution in [-0.4, -0.2) is 44.9 Å². The summed E-state index contributed by atoms with van der Waals surface area (Å²) in [6, 6.07) is 186. The molecule has 0 amide bonds. The van der Waals surface area contributed by atoms with Crippen LogP contribution in [0.15, 0.2) is 528 Å². The first-order valence-electron chi connectivity index (χ1n) is 50.9. The molecule has 0 atom stereocenters. The number of hydrogen-bond acceptors (Lipinski definition) is 9. The lowest BCUT2D eigenvalue weighted by molar-refractivity contribution is 1.18. The number of aromatic nitrogens is 9. The highest BCUT2D eigenvalue weighted by atomic mass is 14.9. The van der Waals surface area contributed by atoms with Crippen LogP contribution in [0.3, 0.4) is 0 Å². The number of rotatable bonds is 12. The fraction of sp³-hybridized carbons (Fsp3) is 0. The summed E-state index contributed by atoms with van der Waals surface area (Å²) in [4.78, 5) is 47.0. The van der Waals surface area contributed by atoms with Crippen molar-refractivity contribution in [3.05, 3.63) is 528 Å². The number of pyridine rings is 3. The van der Waals surface area contributed by atoms with Gasteiger partial charge in [0.15, 0.2) is 17.5 Å². The van der Waals surface area contributed by atoms with Crippen molar-refractivity contribution in [3.63, 3.8) is 0 Å².